The predicted molar refractivity (Wildman–Crippen MR) is 127 cm³/mol. The molecule has 1 heterocycles. The Balaban J connectivity index is 1.72. The Morgan fingerprint density at radius 2 is 1.46 bits per heavy atom. The van der Waals surface area contributed by atoms with Gasteiger partial charge in [-0.3, -0.25) is 10.4 Å². The standard InChI is InChI=1S/C25H25IN2/c1-25(2,3)20-13-9-19(10-14-20)24-17-23(18-11-15-21(26)16-12-18)27-28(24)22-7-5-4-6-8-22/h4-17,24,27H,1-3H3. The summed E-state index contributed by atoms with van der Waals surface area (Å²) in [5.74, 6) is 0. The lowest BCUT2D eigenvalue weighted by Crippen LogP contribution is -2.33. The first-order valence-corrected chi connectivity index (χ1v) is 10.7. The first-order chi connectivity index (χ1) is 13.4. The first kappa shape index (κ1) is 19.1. The second-order valence-electron chi connectivity index (χ2n) is 8.22. The molecule has 0 aromatic heterocycles. The Morgan fingerprint density at radius 1 is 0.821 bits per heavy atom. The van der Waals surface area contributed by atoms with Crippen molar-refractivity contribution in [3.63, 3.8) is 0 Å². The molecule has 3 aromatic rings. The molecule has 1 aliphatic rings. The number of benzene rings is 3. The average Bonchev–Trinajstić information content (AvgIpc) is 3.14. The van der Waals surface area contributed by atoms with Crippen LogP contribution >= 0.6 is 22.6 Å². The van der Waals surface area contributed by atoms with Gasteiger partial charge >= 0.3 is 0 Å². The third kappa shape index (κ3) is 3.95. The van der Waals surface area contributed by atoms with Gasteiger partial charge in [0, 0.05) is 3.57 Å². The van der Waals surface area contributed by atoms with Crippen LogP contribution in [0.3, 0.4) is 0 Å². The molecule has 2 nitrogen and oxygen atoms in total. The Bertz CT molecular complexity index is 968. The molecule has 4 rings (SSSR count). The summed E-state index contributed by atoms with van der Waals surface area (Å²) < 4.78 is 1.24. The van der Waals surface area contributed by atoms with Crippen molar-refractivity contribution in [1.29, 1.82) is 0 Å². The van der Waals surface area contributed by atoms with E-state index in [1.165, 1.54) is 20.3 Å². The summed E-state index contributed by atoms with van der Waals surface area (Å²) in [5.41, 5.74) is 9.93. The molecular weight excluding hydrogens is 455 g/mol. The van der Waals surface area contributed by atoms with Gasteiger partial charge < -0.3 is 0 Å². The van der Waals surface area contributed by atoms with E-state index in [1.54, 1.807) is 0 Å². The highest BCUT2D eigenvalue weighted by Crippen LogP contribution is 2.35. The van der Waals surface area contributed by atoms with Crippen LogP contribution in [0.5, 0.6) is 0 Å². The normalized spacial score (nSPS) is 16.6. The van der Waals surface area contributed by atoms with Crippen molar-refractivity contribution in [2.24, 2.45) is 0 Å². The lowest BCUT2D eigenvalue weighted by Gasteiger charge is -2.28. The number of rotatable bonds is 3. The third-order valence-corrected chi connectivity index (χ3v) is 5.87. The number of nitrogens with zero attached hydrogens (tertiary/aromatic N) is 1. The van der Waals surface area contributed by atoms with Gasteiger partial charge in [0.15, 0.2) is 0 Å². The monoisotopic (exact) mass is 480 g/mol. The quantitative estimate of drug-likeness (QED) is 0.420. The molecule has 142 valence electrons. The lowest BCUT2D eigenvalue weighted by atomic mass is 9.86. The van der Waals surface area contributed by atoms with Crippen LogP contribution in [-0.4, -0.2) is 0 Å². The van der Waals surface area contributed by atoms with Gasteiger partial charge in [0.25, 0.3) is 0 Å². The van der Waals surface area contributed by atoms with Crippen LogP contribution < -0.4 is 10.4 Å². The number of hydrogen-bond acceptors (Lipinski definition) is 2. The second-order valence-corrected chi connectivity index (χ2v) is 9.47. The summed E-state index contributed by atoms with van der Waals surface area (Å²) in [6.07, 6.45) is 2.32. The Morgan fingerprint density at radius 3 is 2.07 bits per heavy atom. The second kappa shape index (κ2) is 7.63. The van der Waals surface area contributed by atoms with Crippen LogP contribution in [0.1, 0.15) is 43.5 Å². The zero-order valence-electron chi connectivity index (χ0n) is 16.5. The van der Waals surface area contributed by atoms with Gasteiger partial charge in [-0.15, -0.1) is 0 Å². The van der Waals surface area contributed by atoms with Gasteiger partial charge in [-0.2, -0.15) is 0 Å². The van der Waals surface area contributed by atoms with E-state index < -0.39 is 0 Å². The van der Waals surface area contributed by atoms with Gasteiger partial charge in [-0.25, -0.2) is 0 Å². The van der Waals surface area contributed by atoms with E-state index in [9.17, 15) is 0 Å². The van der Waals surface area contributed by atoms with E-state index in [1.807, 2.05) is 0 Å². The van der Waals surface area contributed by atoms with Gasteiger partial charge in [0.1, 0.15) is 0 Å². The Labute approximate surface area is 181 Å². The summed E-state index contributed by atoms with van der Waals surface area (Å²) >= 11 is 2.35. The highest BCUT2D eigenvalue weighted by molar-refractivity contribution is 14.1. The molecule has 1 atom stereocenters. The molecule has 0 spiro atoms. The minimum atomic E-state index is 0.144. The van der Waals surface area contributed by atoms with Crippen LogP contribution in [0.25, 0.3) is 5.70 Å². The molecule has 0 radical (unpaired) electrons. The minimum Gasteiger partial charge on any atom is -0.297 e. The molecule has 3 heteroatoms. The van der Waals surface area contributed by atoms with E-state index >= 15 is 0 Å². The van der Waals surface area contributed by atoms with E-state index in [0.717, 1.165) is 11.4 Å². The number of anilines is 1. The van der Waals surface area contributed by atoms with Crippen molar-refractivity contribution in [3.05, 3.63) is 105 Å². The molecule has 1 unspecified atom stereocenters. The van der Waals surface area contributed by atoms with Crippen LogP contribution in [-0.2, 0) is 5.41 Å². The molecule has 0 aliphatic carbocycles. The summed E-state index contributed by atoms with van der Waals surface area (Å²) in [7, 11) is 0. The molecule has 1 N–H and O–H groups in total. The van der Waals surface area contributed by atoms with Gasteiger partial charge in [0.2, 0.25) is 0 Å². The molecule has 0 bridgehead atoms. The van der Waals surface area contributed by atoms with E-state index in [4.69, 9.17) is 0 Å². The topological polar surface area (TPSA) is 15.3 Å². The van der Waals surface area contributed by atoms with Crippen molar-refractivity contribution >= 4 is 34.0 Å². The van der Waals surface area contributed by atoms with Crippen molar-refractivity contribution in [3.8, 4) is 0 Å². The fraction of sp³-hybridized carbons (Fsp3) is 0.200. The largest absolute Gasteiger partial charge is 0.297 e. The van der Waals surface area contributed by atoms with Gasteiger partial charge in [0.05, 0.1) is 17.4 Å². The first-order valence-electron chi connectivity index (χ1n) is 9.61. The summed E-state index contributed by atoms with van der Waals surface area (Å²) in [6, 6.07) is 28.3. The number of para-hydroxylation sites is 1. The number of halogens is 1. The molecule has 1 aliphatic heterocycles. The zero-order chi connectivity index (χ0) is 19.7. The fourth-order valence-electron chi connectivity index (χ4n) is 3.50. The van der Waals surface area contributed by atoms with Crippen LogP contribution in [0.15, 0.2) is 84.9 Å². The zero-order valence-corrected chi connectivity index (χ0v) is 18.6. The third-order valence-electron chi connectivity index (χ3n) is 5.15. The van der Waals surface area contributed by atoms with Crippen LogP contribution in [0, 0.1) is 3.57 Å². The number of hydrogen-bond donors (Lipinski definition) is 1. The predicted octanol–water partition coefficient (Wildman–Crippen LogP) is 6.70. The maximum atomic E-state index is 3.63. The fourth-order valence-corrected chi connectivity index (χ4v) is 3.86. The molecule has 0 amide bonds. The van der Waals surface area contributed by atoms with E-state index in [-0.39, 0.29) is 11.5 Å². The SMILES string of the molecule is CC(C)(C)c1ccc(C2C=C(c3ccc(I)cc3)NN2c2ccccc2)cc1. The molecular formula is C25H25IN2. The highest BCUT2D eigenvalue weighted by atomic mass is 127. The lowest BCUT2D eigenvalue weighted by molar-refractivity contribution is 0.589. The molecule has 3 aromatic carbocycles. The number of hydrazine groups is 1. The maximum absolute atomic E-state index is 3.63. The Kier molecular flexibility index (Phi) is 5.19. The summed E-state index contributed by atoms with van der Waals surface area (Å²) in [5, 5.41) is 2.25. The van der Waals surface area contributed by atoms with Crippen molar-refractivity contribution < 1.29 is 0 Å². The average molecular weight is 480 g/mol. The summed E-state index contributed by atoms with van der Waals surface area (Å²) in [4.78, 5) is 0. The van der Waals surface area contributed by atoms with Crippen LogP contribution in [0.4, 0.5) is 5.69 Å². The number of nitrogens with one attached hydrogen (secondary N) is 1. The van der Waals surface area contributed by atoms with Crippen molar-refractivity contribution in [2.75, 3.05) is 5.01 Å². The van der Waals surface area contributed by atoms with Gasteiger partial charge in [-0.1, -0.05) is 75.4 Å². The van der Waals surface area contributed by atoms with E-state index in [2.05, 4.69) is 139 Å². The highest BCUT2D eigenvalue weighted by Gasteiger charge is 2.27. The van der Waals surface area contributed by atoms with Crippen LogP contribution in [0.2, 0.25) is 0 Å². The summed E-state index contributed by atoms with van der Waals surface area (Å²) in [6.45, 7) is 6.76. The van der Waals surface area contributed by atoms with E-state index in [0.29, 0.717) is 0 Å². The van der Waals surface area contributed by atoms with Crippen molar-refractivity contribution in [2.45, 2.75) is 32.2 Å². The minimum absolute atomic E-state index is 0.144. The molecule has 0 saturated heterocycles. The van der Waals surface area contributed by atoms with Gasteiger partial charge in [-0.05, 0) is 75.0 Å². The molecule has 0 saturated carbocycles. The molecule has 0 fully saturated rings. The maximum Gasteiger partial charge on any atom is 0.0958 e. The Hall–Kier alpha value is -2.27. The van der Waals surface area contributed by atoms with Crippen molar-refractivity contribution in [1.82, 2.24) is 5.43 Å². The molecule has 28 heavy (non-hydrogen) atoms. The smallest absolute Gasteiger partial charge is 0.0958 e.